The molecule has 23 heavy (non-hydrogen) atoms. The molecule has 0 bridgehead atoms. The highest BCUT2D eigenvalue weighted by Gasteiger charge is 2.20. The lowest BCUT2D eigenvalue weighted by atomic mass is 9.93. The van der Waals surface area contributed by atoms with Gasteiger partial charge in [-0.2, -0.15) is 0 Å². The molecule has 1 aliphatic heterocycles. The summed E-state index contributed by atoms with van der Waals surface area (Å²) in [6, 6.07) is 5.68. The standard InChI is InChI=1S/C17H26ClN3O.ClH/c1-13-3-4-16(15(18)11-13)20-17(22)12-21-9-6-14(7-10-21)5-8-19-2;/h3-4,11,14,19H,5-10,12H2,1-2H3,(H,20,22);1H. The first-order valence-electron chi connectivity index (χ1n) is 8.01. The highest BCUT2D eigenvalue weighted by molar-refractivity contribution is 6.33. The summed E-state index contributed by atoms with van der Waals surface area (Å²) in [7, 11) is 2.00. The van der Waals surface area contributed by atoms with Crippen LogP contribution in [0.5, 0.6) is 0 Å². The van der Waals surface area contributed by atoms with Crippen LogP contribution in [0.15, 0.2) is 18.2 Å². The minimum absolute atomic E-state index is 0. The Kier molecular flexibility index (Phi) is 8.92. The van der Waals surface area contributed by atoms with Gasteiger partial charge in [0.05, 0.1) is 17.3 Å². The molecule has 0 unspecified atom stereocenters. The zero-order valence-electron chi connectivity index (χ0n) is 13.9. The second kappa shape index (κ2) is 10.1. The zero-order chi connectivity index (χ0) is 15.9. The van der Waals surface area contributed by atoms with Gasteiger partial charge in [0.15, 0.2) is 0 Å². The number of hydrogen-bond acceptors (Lipinski definition) is 3. The lowest BCUT2D eigenvalue weighted by Crippen LogP contribution is -2.39. The van der Waals surface area contributed by atoms with Crippen LogP contribution in [0.3, 0.4) is 0 Å². The smallest absolute Gasteiger partial charge is 0.238 e. The van der Waals surface area contributed by atoms with Crippen LogP contribution in [0.25, 0.3) is 0 Å². The van der Waals surface area contributed by atoms with Gasteiger partial charge in [-0.05, 0) is 76.5 Å². The van der Waals surface area contributed by atoms with Crippen molar-refractivity contribution < 1.29 is 4.79 Å². The number of amides is 1. The van der Waals surface area contributed by atoms with Gasteiger partial charge in [0.1, 0.15) is 0 Å². The predicted molar refractivity (Wildman–Crippen MR) is 99.8 cm³/mol. The monoisotopic (exact) mass is 359 g/mol. The van der Waals surface area contributed by atoms with E-state index in [9.17, 15) is 4.79 Å². The maximum atomic E-state index is 12.1. The van der Waals surface area contributed by atoms with Gasteiger partial charge in [-0.15, -0.1) is 12.4 Å². The minimum atomic E-state index is 0. The van der Waals surface area contributed by atoms with Crippen molar-refractivity contribution in [3.05, 3.63) is 28.8 Å². The maximum absolute atomic E-state index is 12.1. The molecule has 0 radical (unpaired) electrons. The molecule has 0 spiro atoms. The highest BCUT2D eigenvalue weighted by atomic mass is 35.5. The molecule has 1 aromatic carbocycles. The summed E-state index contributed by atoms with van der Waals surface area (Å²) in [5.74, 6) is 0.803. The molecule has 0 aromatic heterocycles. The van der Waals surface area contributed by atoms with Crippen molar-refractivity contribution in [3.8, 4) is 0 Å². The predicted octanol–water partition coefficient (Wildman–Crippen LogP) is 3.33. The molecule has 4 nitrogen and oxygen atoms in total. The van der Waals surface area contributed by atoms with Crippen LogP contribution in [0.2, 0.25) is 5.02 Å². The number of piperidine rings is 1. The van der Waals surface area contributed by atoms with Gasteiger partial charge in [0.25, 0.3) is 0 Å². The fraction of sp³-hybridized carbons (Fsp3) is 0.588. The van der Waals surface area contributed by atoms with Gasteiger partial charge < -0.3 is 10.6 Å². The molecular weight excluding hydrogens is 333 g/mol. The molecule has 1 aliphatic rings. The Morgan fingerprint density at radius 3 is 2.65 bits per heavy atom. The number of halogens is 2. The average Bonchev–Trinajstić information content (AvgIpc) is 2.49. The van der Waals surface area contributed by atoms with Crippen LogP contribution in [0.1, 0.15) is 24.8 Å². The number of benzene rings is 1. The number of anilines is 1. The summed E-state index contributed by atoms with van der Waals surface area (Å²) >= 11 is 6.15. The summed E-state index contributed by atoms with van der Waals surface area (Å²) in [5.41, 5.74) is 1.79. The Balaban J connectivity index is 0.00000264. The SMILES string of the molecule is CNCCC1CCN(CC(=O)Nc2ccc(C)cc2Cl)CC1.Cl. The Bertz CT molecular complexity index is 503. The van der Waals surface area contributed by atoms with Gasteiger partial charge in [-0.25, -0.2) is 0 Å². The topological polar surface area (TPSA) is 44.4 Å². The fourth-order valence-corrected chi connectivity index (χ4v) is 3.18. The summed E-state index contributed by atoms with van der Waals surface area (Å²) in [6.07, 6.45) is 3.59. The van der Waals surface area contributed by atoms with Gasteiger partial charge >= 0.3 is 0 Å². The average molecular weight is 360 g/mol. The molecule has 1 heterocycles. The van der Waals surface area contributed by atoms with Crippen molar-refractivity contribution in [3.63, 3.8) is 0 Å². The number of rotatable bonds is 6. The molecule has 6 heteroatoms. The van der Waals surface area contributed by atoms with E-state index in [0.717, 1.165) is 31.1 Å². The molecule has 2 N–H and O–H groups in total. The van der Waals surface area contributed by atoms with E-state index in [1.807, 2.05) is 32.2 Å². The summed E-state index contributed by atoms with van der Waals surface area (Å²) in [6.45, 7) is 5.52. The van der Waals surface area contributed by atoms with Crippen LogP contribution in [-0.4, -0.2) is 44.0 Å². The maximum Gasteiger partial charge on any atom is 0.238 e. The van der Waals surface area contributed by atoms with Crippen LogP contribution >= 0.6 is 24.0 Å². The van der Waals surface area contributed by atoms with Gasteiger partial charge in [-0.1, -0.05) is 17.7 Å². The Morgan fingerprint density at radius 2 is 2.04 bits per heavy atom. The number of likely N-dealkylation sites (tertiary alicyclic amines) is 1. The lowest BCUT2D eigenvalue weighted by molar-refractivity contribution is -0.117. The van der Waals surface area contributed by atoms with Crippen LogP contribution < -0.4 is 10.6 Å². The summed E-state index contributed by atoms with van der Waals surface area (Å²) in [5, 5.41) is 6.71. The molecule has 1 aromatic rings. The van der Waals surface area contributed by atoms with Gasteiger partial charge in [0, 0.05) is 0 Å². The second-order valence-electron chi connectivity index (χ2n) is 6.14. The molecule has 2 rings (SSSR count). The van der Waals surface area contributed by atoms with E-state index >= 15 is 0 Å². The number of carbonyl (C=O) groups excluding carboxylic acids is 1. The summed E-state index contributed by atoms with van der Waals surface area (Å²) in [4.78, 5) is 14.4. The van der Waals surface area contributed by atoms with Gasteiger partial charge in [0.2, 0.25) is 5.91 Å². The lowest BCUT2D eigenvalue weighted by Gasteiger charge is -2.31. The van der Waals surface area contributed by atoms with Crippen LogP contribution in [-0.2, 0) is 4.79 Å². The van der Waals surface area contributed by atoms with E-state index in [-0.39, 0.29) is 18.3 Å². The largest absolute Gasteiger partial charge is 0.324 e. The van der Waals surface area contributed by atoms with E-state index in [2.05, 4.69) is 15.5 Å². The fourth-order valence-electron chi connectivity index (χ4n) is 2.90. The van der Waals surface area contributed by atoms with E-state index in [0.29, 0.717) is 17.3 Å². The molecule has 0 aliphatic carbocycles. The van der Waals surface area contributed by atoms with Crippen molar-refractivity contribution in [2.45, 2.75) is 26.2 Å². The number of carbonyl (C=O) groups is 1. The first kappa shape index (κ1) is 20.2. The number of nitrogens with one attached hydrogen (secondary N) is 2. The molecule has 1 amide bonds. The first-order valence-corrected chi connectivity index (χ1v) is 8.39. The van der Waals surface area contributed by atoms with Crippen molar-refractivity contribution in [2.75, 3.05) is 38.5 Å². The third-order valence-electron chi connectivity index (χ3n) is 4.28. The van der Waals surface area contributed by atoms with Crippen molar-refractivity contribution in [1.29, 1.82) is 0 Å². The number of nitrogens with zero attached hydrogens (tertiary/aromatic N) is 1. The van der Waals surface area contributed by atoms with E-state index in [1.54, 1.807) is 0 Å². The molecule has 1 fully saturated rings. The summed E-state index contributed by atoms with van der Waals surface area (Å²) < 4.78 is 0. The Morgan fingerprint density at radius 1 is 1.35 bits per heavy atom. The highest BCUT2D eigenvalue weighted by Crippen LogP contribution is 2.23. The van der Waals surface area contributed by atoms with Gasteiger partial charge in [-0.3, -0.25) is 9.69 Å². The second-order valence-corrected chi connectivity index (χ2v) is 6.55. The normalized spacial score (nSPS) is 16.0. The zero-order valence-corrected chi connectivity index (χ0v) is 15.5. The quantitative estimate of drug-likeness (QED) is 0.818. The first-order chi connectivity index (χ1) is 10.6. The Labute approximate surface area is 150 Å². The van der Waals surface area contributed by atoms with Crippen molar-refractivity contribution in [1.82, 2.24) is 10.2 Å². The van der Waals surface area contributed by atoms with Crippen LogP contribution in [0, 0.1) is 12.8 Å². The molecule has 1 saturated heterocycles. The molecule has 130 valence electrons. The molecule has 0 saturated carbocycles. The van der Waals surface area contributed by atoms with E-state index in [1.165, 1.54) is 19.3 Å². The van der Waals surface area contributed by atoms with Crippen molar-refractivity contribution in [2.24, 2.45) is 5.92 Å². The third kappa shape index (κ3) is 6.68. The van der Waals surface area contributed by atoms with Crippen LogP contribution in [0.4, 0.5) is 5.69 Å². The number of hydrogen-bond donors (Lipinski definition) is 2. The third-order valence-corrected chi connectivity index (χ3v) is 4.59. The molecule has 0 atom stereocenters. The minimum Gasteiger partial charge on any atom is -0.324 e. The van der Waals surface area contributed by atoms with Crippen molar-refractivity contribution >= 4 is 35.6 Å². The van der Waals surface area contributed by atoms with E-state index in [4.69, 9.17) is 11.6 Å². The van der Waals surface area contributed by atoms with E-state index < -0.39 is 0 Å². The number of aryl methyl sites for hydroxylation is 1. The molecular formula is C17H27Cl2N3O. The Hall–Kier alpha value is -0.810.